The highest BCUT2D eigenvalue weighted by Crippen LogP contribution is 2.10. The Morgan fingerprint density at radius 3 is 2.42 bits per heavy atom. The summed E-state index contributed by atoms with van der Waals surface area (Å²) in [5, 5.41) is 4.46. The molecule has 1 radical (unpaired) electrons. The van der Waals surface area contributed by atoms with Crippen LogP contribution in [0.2, 0.25) is 0 Å². The first-order valence-corrected chi connectivity index (χ1v) is 5.01. The smallest absolute Gasteiger partial charge is 0.119 e. The zero-order valence-corrected chi connectivity index (χ0v) is 8.21. The third-order valence-electron chi connectivity index (χ3n) is 2.04. The van der Waals surface area contributed by atoms with Crippen LogP contribution in [0.1, 0.15) is 33.1 Å². The minimum atomic E-state index is 0.999. The molecule has 0 unspecified atom stereocenters. The van der Waals surface area contributed by atoms with E-state index in [9.17, 15) is 0 Å². The van der Waals surface area contributed by atoms with E-state index in [0.29, 0.717) is 0 Å². The SMILES string of the molecule is CCCN(CCC)C1=CCC[N]1. The quantitative estimate of drug-likeness (QED) is 0.612. The summed E-state index contributed by atoms with van der Waals surface area (Å²) in [7, 11) is 0. The molecule has 1 aliphatic heterocycles. The van der Waals surface area contributed by atoms with Crippen molar-refractivity contribution in [3.05, 3.63) is 11.9 Å². The zero-order chi connectivity index (χ0) is 8.81. The van der Waals surface area contributed by atoms with Crippen LogP contribution >= 0.6 is 0 Å². The maximum absolute atomic E-state index is 4.46. The first kappa shape index (κ1) is 9.43. The van der Waals surface area contributed by atoms with Crippen LogP contribution in [0, 0.1) is 0 Å². The molecule has 1 aliphatic rings. The molecule has 69 valence electrons. The minimum absolute atomic E-state index is 0.999. The van der Waals surface area contributed by atoms with Crippen molar-refractivity contribution < 1.29 is 0 Å². The van der Waals surface area contributed by atoms with E-state index >= 15 is 0 Å². The third kappa shape index (κ3) is 2.43. The Bertz CT molecular complexity index is 146. The molecule has 0 aromatic carbocycles. The second-order valence-corrected chi connectivity index (χ2v) is 3.22. The van der Waals surface area contributed by atoms with Gasteiger partial charge in [0.1, 0.15) is 5.82 Å². The van der Waals surface area contributed by atoms with Crippen molar-refractivity contribution in [1.82, 2.24) is 10.2 Å². The summed E-state index contributed by atoms with van der Waals surface area (Å²) in [6, 6.07) is 0. The van der Waals surface area contributed by atoms with Crippen LogP contribution in [0.3, 0.4) is 0 Å². The molecule has 0 aliphatic carbocycles. The summed E-state index contributed by atoms with van der Waals surface area (Å²) >= 11 is 0. The average molecular weight is 167 g/mol. The van der Waals surface area contributed by atoms with Gasteiger partial charge in [0.2, 0.25) is 0 Å². The van der Waals surface area contributed by atoms with Gasteiger partial charge in [-0.2, -0.15) is 0 Å². The largest absolute Gasteiger partial charge is 0.357 e. The lowest BCUT2D eigenvalue weighted by Crippen LogP contribution is -2.27. The molecular weight excluding hydrogens is 148 g/mol. The molecule has 0 bridgehead atoms. The van der Waals surface area contributed by atoms with Crippen molar-refractivity contribution in [3.63, 3.8) is 0 Å². The summed E-state index contributed by atoms with van der Waals surface area (Å²) in [6.45, 7) is 7.75. The van der Waals surface area contributed by atoms with E-state index in [-0.39, 0.29) is 0 Å². The highest BCUT2D eigenvalue weighted by atomic mass is 15.2. The molecule has 0 spiro atoms. The van der Waals surface area contributed by atoms with Crippen LogP contribution in [-0.4, -0.2) is 24.5 Å². The van der Waals surface area contributed by atoms with Crippen molar-refractivity contribution in [3.8, 4) is 0 Å². The monoisotopic (exact) mass is 167 g/mol. The predicted octanol–water partition coefficient (Wildman–Crippen LogP) is 1.96. The fraction of sp³-hybridized carbons (Fsp3) is 0.800. The predicted molar refractivity (Wildman–Crippen MR) is 51.9 cm³/mol. The van der Waals surface area contributed by atoms with Gasteiger partial charge in [0.15, 0.2) is 0 Å². The average Bonchev–Trinajstić information content (AvgIpc) is 2.56. The molecule has 0 saturated heterocycles. The standard InChI is InChI=1S/C10H19N2/c1-3-8-12(9-4-2)10-6-5-7-11-10/h6H,3-5,7-9H2,1-2H3. The first-order chi connectivity index (χ1) is 5.88. The van der Waals surface area contributed by atoms with Gasteiger partial charge in [-0.15, -0.1) is 0 Å². The zero-order valence-electron chi connectivity index (χ0n) is 8.21. The Kier molecular flexibility index (Phi) is 3.98. The maximum Gasteiger partial charge on any atom is 0.119 e. The molecule has 0 atom stereocenters. The molecule has 0 aromatic rings. The Morgan fingerprint density at radius 1 is 1.33 bits per heavy atom. The highest BCUT2D eigenvalue weighted by Gasteiger charge is 2.11. The number of rotatable bonds is 5. The van der Waals surface area contributed by atoms with E-state index in [1.54, 1.807) is 0 Å². The summed E-state index contributed by atoms with van der Waals surface area (Å²) in [6.07, 6.45) is 5.82. The molecule has 12 heavy (non-hydrogen) atoms. The molecule has 0 fully saturated rings. The summed E-state index contributed by atoms with van der Waals surface area (Å²) < 4.78 is 0. The van der Waals surface area contributed by atoms with Gasteiger partial charge in [-0.3, -0.25) is 5.32 Å². The lowest BCUT2D eigenvalue weighted by atomic mass is 10.3. The van der Waals surface area contributed by atoms with Crippen LogP contribution in [0.25, 0.3) is 0 Å². The van der Waals surface area contributed by atoms with Gasteiger partial charge in [-0.05, 0) is 25.3 Å². The Labute approximate surface area is 75.6 Å². The van der Waals surface area contributed by atoms with Crippen LogP contribution in [0.5, 0.6) is 0 Å². The molecule has 0 N–H and O–H groups in total. The Balaban J connectivity index is 2.40. The van der Waals surface area contributed by atoms with E-state index < -0.39 is 0 Å². The minimum Gasteiger partial charge on any atom is -0.357 e. The van der Waals surface area contributed by atoms with Gasteiger partial charge in [0.05, 0.1) is 0 Å². The topological polar surface area (TPSA) is 17.3 Å². The number of nitrogens with zero attached hydrogens (tertiary/aromatic N) is 2. The van der Waals surface area contributed by atoms with Gasteiger partial charge in [-0.1, -0.05) is 13.8 Å². The van der Waals surface area contributed by atoms with E-state index in [0.717, 1.165) is 26.1 Å². The van der Waals surface area contributed by atoms with Crippen molar-refractivity contribution in [1.29, 1.82) is 0 Å². The van der Waals surface area contributed by atoms with Gasteiger partial charge in [-0.25, -0.2) is 0 Å². The Hall–Kier alpha value is -0.660. The number of hydrogen-bond donors (Lipinski definition) is 0. The van der Waals surface area contributed by atoms with E-state index in [1.807, 2.05) is 0 Å². The van der Waals surface area contributed by atoms with Crippen LogP contribution < -0.4 is 5.32 Å². The first-order valence-electron chi connectivity index (χ1n) is 5.01. The molecule has 1 rings (SSSR count). The molecule has 0 amide bonds. The Morgan fingerprint density at radius 2 is 2.00 bits per heavy atom. The second-order valence-electron chi connectivity index (χ2n) is 3.22. The summed E-state index contributed by atoms with van der Waals surface area (Å²) in [4.78, 5) is 2.40. The van der Waals surface area contributed by atoms with Crippen LogP contribution in [-0.2, 0) is 0 Å². The van der Waals surface area contributed by atoms with Crippen molar-refractivity contribution in [2.75, 3.05) is 19.6 Å². The number of hydrogen-bond acceptors (Lipinski definition) is 1. The van der Waals surface area contributed by atoms with E-state index in [1.165, 1.54) is 18.7 Å². The maximum atomic E-state index is 4.46. The van der Waals surface area contributed by atoms with E-state index in [2.05, 4.69) is 30.1 Å². The van der Waals surface area contributed by atoms with Crippen LogP contribution in [0.15, 0.2) is 11.9 Å². The third-order valence-corrected chi connectivity index (χ3v) is 2.04. The lowest BCUT2D eigenvalue weighted by molar-refractivity contribution is 0.325. The summed E-state index contributed by atoms with van der Waals surface area (Å²) in [5.74, 6) is 1.23. The summed E-state index contributed by atoms with van der Waals surface area (Å²) in [5.41, 5.74) is 0. The fourth-order valence-corrected chi connectivity index (χ4v) is 1.55. The highest BCUT2D eigenvalue weighted by molar-refractivity contribution is 5.04. The molecule has 0 saturated carbocycles. The van der Waals surface area contributed by atoms with Gasteiger partial charge < -0.3 is 4.90 Å². The molecule has 2 heteroatoms. The molecule has 1 heterocycles. The molecular formula is C10H19N2. The fourth-order valence-electron chi connectivity index (χ4n) is 1.55. The van der Waals surface area contributed by atoms with Crippen LogP contribution in [0.4, 0.5) is 0 Å². The second kappa shape index (κ2) is 5.07. The molecule has 2 nitrogen and oxygen atoms in total. The van der Waals surface area contributed by atoms with Crippen molar-refractivity contribution >= 4 is 0 Å². The lowest BCUT2D eigenvalue weighted by Gasteiger charge is -2.23. The van der Waals surface area contributed by atoms with Crippen molar-refractivity contribution in [2.24, 2.45) is 0 Å². The van der Waals surface area contributed by atoms with Crippen molar-refractivity contribution in [2.45, 2.75) is 33.1 Å². The van der Waals surface area contributed by atoms with Gasteiger partial charge >= 0.3 is 0 Å². The molecule has 0 aromatic heterocycles. The van der Waals surface area contributed by atoms with Gasteiger partial charge in [0.25, 0.3) is 0 Å². The normalized spacial score (nSPS) is 15.7. The van der Waals surface area contributed by atoms with Gasteiger partial charge in [0, 0.05) is 19.6 Å². The van der Waals surface area contributed by atoms with E-state index in [4.69, 9.17) is 0 Å².